The molecule has 3 atom stereocenters. The van der Waals surface area contributed by atoms with E-state index in [2.05, 4.69) is 5.32 Å². The van der Waals surface area contributed by atoms with E-state index < -0.39 is 17.9 Å². The van der Waals surface area contributed by atoms with Gasteiger partial charge in [-0.1, -0.05) is 33.6 Å². The molecule has 4 N–H and O–H groups in total. The molecule has 0 spiro atoms. The molecule has 1 aliphatic rings. The predicted molar refractivity (Wildman–Crippen MR) is 69.0 cm³/mol. The van der Waals surface area contributed by atoms with Crippen molar-refractivity contribution in [3.8, 4) is 0 Å². The largest absolute Gasteiger partial charge is 0.481 e. The summed E-state index contributed by atoms with van der Waals surface area (Å²) < 4.78 is 0. The van der Waals surface area contributed by atoms with E-state index in [1.165, 1.54) is 0 Å². The molecule has 5 heteroatoms. The highest BCUT2D eigenvalue weighted by atomic mass is 16.4. The van der Waals surface area contributed by atoms with Crippen LogP contribution in [0.15, 0.2) is 0 Å². The van der Waals surface area contributed by atoms with Gasteiger partial charge in [0.15, 0.2) is 0 Å². The molecule has 0 aliphatic heterocycles. The van der Waals surface area contributed by atoms with Gasteiger partial charge in [0.1, 0.15) is 0 Å². The third kappa shape index (κ3) is 3.70. The first-order valence-corrected chi connectivity index (χ1v) is 6.52. The zero-order valence-corrected chi connectivity index (χ0v) is 11.4. The lowest BCUT2D eigenvalue weighted by atomic mass is 9.83. The highest BCUT2D eigenvalue weighted by Gasteiger charge is 2.35. The van der Waals surface area contributed by atoms with E-state index in [0.717, 1.165) is 19.3 Å². The van der Waals surface area contributed by atoms with Gasteiger partial charge in [-0.05, 0) is 18.3 Å². The van der Waals surface area contributed by atoms with E-state index in [0.29, 0.717) is 6.42 Å². The van der Waals surface area contributed by atoms with E-state index in [9.17, 15) is 9.59 Å². The molecule has 0 aromatic rings. The lowest BCUT2D eigenvalue weighted by Crippen LogP contribution is -2.54. The maximum Gasteiger partial charge on any atom is 0.308 e. The predicted octanol–water partition coefficient (Wildman–Crippen LogP) is 1.12. The van der Waals surface area contributed by atoms with Gasteiger partial charge in [-0.3, -0.25) is 9.59 Å². The fourth-order valence-corrected chi connectivity index (χ4v) is 2.27. The van der Waals surface area contributed by atoms with Crippen LogP contribution in [0.25, 0.3) is 0 Å². The Bertz CT molecular complexity index is 323. The molecule has 0 saturated heterocycles. The number of hydrogen-bond acceptors (Lipinski definition) is 3. The second kappa shape index (κ2) is 5.69. The van der Waals surface area contributed by atoms with Gasteiger partial charge in [0, 0.05) is 6.04 Å². The van der Waals surface area contributed by atoms with Crippen molar-refractivity contribution >= 4 is 11.9 Å². The lowest BCUT2D eigenvalue weighted by molar-refractivity contribution is -0.144. The van der Waals surface area contributed by atoms with Crippen LogP contribution in [-0.2, 0) is 9.59 Å². The summed E-state index contributed by atoms with van der Waals surface area (Å²) in [5.74, 6) is -1.56. The Morgan fingerprint density at radius 1 is 1.28 bits per heavy atom. The average molecular weight is 256 g/mol. The first-order valence-electron chi connectivity index (χ1n) is 6.52. The van der Waals surface area contributed by atoms with Crippen molar-refractivity contribution in [3.05, 3.63) is 0 Å². The number of rotatable bonds is 3. The van der Waals surface area contributed by atoms with E-state index >= 15 is 0 Å². The Hall–Kier alpha value is -1.10. The molecule has 1 aliphatic carbocycles. The SMILES string of the molecule is CC(C)(C)C(N)C(=O)NC1CCCCC1C(=O)O. The van der Waals surface area contributed by atoms with Crippen LogP contribution in [0, 0.1) is 11.3 Å². The summed E-state index contributed by atoms with van der Waals surface area (Å²) >= 11 is 0. The number of carboxylic acids is 1. The second-order valence-corrected chi connectivity index (χ2v) is 6.19. The first kappa shape index (κ1) is 15.0. The molecule has 0 aromatic carbocycles. The third-order valence-corrected chi connectivity index (χ3v) is 3.63. The summed E-state index contributed by atoms with van der Waals surface area (Å²) in [6.45, 7) is 5.69. The van der Waals surface area contributed by atoms with Crippen molar-refractivity contribution in [1.82, 2.24) is 5.32 Å². The quantitative estimate of drug-likeness (QED) is 0.705. The molecule has 1 rings (SSSR count). The number of hydrogen-bond donors (Lipinski definition) is 3. The fourth-order valence-electron chi connectivity index (χ4n) is 2.27. The molecule has 1 amide bonds. The summed E-state index contributed by atoms with van der Waals surface area (Å²) in [5.41, 5.74) is 5.55. The molecule has 0 bridgehead atoms. The van der Waals surface area contributed by atoms with Crippen LogP contribution in [0.2, 0.25) is 0 Å². The third-order valence-electron chi connectivity index (χ3n) is 3.63. The molecule has 0 aromatic heterocycles. The minimum atomic E-state index is -0.829. The van der Waals surface area contributed by atoms with Crippen molar-refractivity contribution in [3.63, 3.8) is 0 Å². The number of carboxylic acid groups (broad SMARTS) is 1. The molecule has 104 valence electrons. The number of carbonyl (C=O) groups excluding carboxylic acids is 1. The van der Waals surface area contributed by atoms with Crippen molar-refractivity contribution in [1.29, 1.82) is 0 Å². The Balaban J connectivity index is 2.64. The van der Waals surface area contributed by atoms with Crippen LogP contribution in [0.3, 0.4) is 0 Å². The van der Waals surface area contributed by atoms with E-state index in [4.69, 9.17) is 10.8 Å². The van der Waals surface area contributed by atoms with Gasteiger partial charge in [0.25, 0.3) is 0 Å². The van der Waals surface area contributed by atoms with Crippen LogP contribution in [-0.4, -0.2) is 29.1 Å². The van der Waals surface area contributed by atoms with Crippen LogP contribution >= 0.6 is 0 Å². The van der Waals surface area contributed by atoms with Gasteiger partial charge in [-0.2, -0.15) is 0 Å². The van der Waals surface area contributed by atoms with Crippen LogP contribution in [0.4, 0.5) is 0 Å². The summed E-state index contributed by atoms with van der Waals surface area (Å²) in [7, 11) is 0. The maximum atomic E-state index is 12.0. The molecular weight excluding hydrogens is 232 g/mol. The minimum Gasteiger partial charge on any atom is -0.481 e. The van der Waals surface area contributed by atoms with E-state index in [1.54, 1.807) is 0 Å². The summed E-state index contributed by atoms with van der Waals surface area (Å²) in [5, 5.41) is 11.9. The average Bonchev–Trinajstić information content (AvgIpc) is 2.27. The molecule has 0 heterocycles. The highest BCUT2D eigenvalue weighted by Crippen LogP contribution is 2.25. The first-order chi connectivity index (χ1) is 8.23. The maximum absolute atomic E-state index is 12.0. The topological polar surface area (TPSA) is 92.4 Å². The van der Waals surface area contributed by atoms with Crippen molar-refractivity contribution < 1.29 is 14.7 Å². The highest BCUT2D eigenvalue weighted by molar-refractivity contribution is 5.83. The molecule has 3 unspecified atom stereocenters. The van der Waals surface area contributed by atoms with Crippen LogP contribution in [0.1, 0.15) is 46.5 Å². The monoisotopic (exact) mass is 256 g/mol. The second-order valence-electron chi connectivity index (χ2n) is 6.19. The minimum absolute atomic E-state index is 0.249. The standard InChI is InChI=1S/C13H24N2O3/c1-13(2,3)10(14)11(16)15-9-7-5-4-6-8(9)12(17)18/h8-10H,4-7,14H2,1-3H3,(H,15,16)(H,17,18). The Morgan fingerprint density at radius 3 is 2.33 bits per heavy atom. The zero-order chi connectivity index (χ0) is 13.9. The van der Waals surface area contributed by atoms with Crippen molar-refractivity contribution in [2.45, 2.75) is 58.5 Å². The molecule has 1 saturated carbocycles. The number of carbonyl (C=O) groups is 2. The Morgan fingerprint density at radius 2 is 1.83 bits per heavy atom. The molecule has 5 nitrogen and oxygen atoms in total. The fraction of sp³-hybridized carbons (Fsp3) is 0.846. The number of aliphatic carboxylic acids is 1. The molecule has 0 radical (unpaired) electrons. The van der Waals surface area contributed by atoms with Gasteiger partial charge in [0.05, 0.1) is 12.0 Å². The summed E-state index contributed by atoms with van der Waals surface area (Å²) in [6.07, 6.45) is 3.22. The van der Waals surface area contributed by atoms with Crippen molar-refractivity contribution in [2.24, 2.45) is 17.1 Å². The lowest BCUT2D eigenvalue weighted by Gasteiger charge is -2.32. The van der Waals surface area contributed by atoms with Gasteiger partial charge in [-0.15, -0.1) is 0 Å². The summed E-state index contributed by atoms with van der Waals surface area (Å²) in [6, 6.07) is -0.897. The molecule has 18 heavy (non-hydrogen) atoms. The van der Waals surface area contributed by atoms with Crippen molar-refractivity contribution in [2.75, 3.05) is 0 Å². The van der Waals surface area contributed by atoms with Gasteiger partial charge in [-0.25, -0.2) is 0 Å². The number of nitrogens with one attached hydrogen (secondary N) is 1. The number of nitrogens with two attached hydrogens (primary N) is 1. The smallest absolute Gasteiger partial charge is 0.308 e. The Labute approximate surface area is 108 Å². The van der Waals surface area contributed by atoms with E-state index in [-0.39, 0.29) is 17.4 Å². The Kier molecular flexibility index (Phi) is 4.73. The van der Waals surface area contributed by atoms with Gasteiger partial charge in [0.2, 0.25) is 5.91 Å². The molecule has 1 fully saturated rings. The van der Waals surface area contributed by atoms with Gasteiger partial charge >= 0.3 is 5.97 Å². The zero-order valence-electron chi connectivity index (χ0n) is 11.4. The van der Waals surface area contributed by atoms with Gasteiger partial charge < -0.3 is 16.2 Å². The normalized spacial score (nSPS) is 26.4. The molecular formula is C13H24N2O3. The van der Waals surface area contributed by atoms with Crippen LogP contribution < -0.4 is 11.1 Å². The number of amides is 1. The van der Waals surface area contributed by atoms with Crippen LogP contribution in [0.5, 0.6) is 0 Å². The summed E-state index contributed by atoms with van der Waals surface area (Å²) in [4.78, 5) is 23.1. The van der Waals surface area contributed by atoms with E-state index in [1.807, 2.05) is 20.8 Å².